The molecule has 5 aliphatic rings. The number of carbonyl (C=O) groups is 2. The average molecular weight is 492 g/mol. The number of aromatic nitrogens is 1. The van der Waals surface area contributed by atoms with Crippen LogP contribution in [-0.4, -0.2) is 65.4 Å². The topological polar surface area (TPSA) is 73.7 Å². The van der Waals surface area contributed by atoms with Crippen molar-refractivity contribution in [2.45, 2.75) is 64.9 Å². The number of hydrogen-bond acceptors (Lipinski definition) is 6. The Morgan fingerprint density at radius 3 is 2.67 bits per heavy atom. The van der Waals surface area contributed by atoms with Crippen molar-refractivity contribution < 1.29 is 14.7 Å². The van der Waals surface area contributed by atoms with Gasteiger partial charge in [-0.15, -0.1) is 0 Å². The van der Waals surface area contributed by atoms with Gasteiger partial charge in [-0.3, -0.25) is 14.5 Å². The molecular weight excluding hydrogens is 450 g/mol. The molecule has 0 spiro atoms. The Hall–Kier alpha value is -2.05. The first-order chi connectivity index (χ1) is 17.3. The van der Waals surface area contributed by atoms with E-state index >= 15 is 0 Å². The molecule has 194 valence electrons. The summed E-state index contributed by atoms with van der Waals surface area (Å²) >= 11 is 0. The predicted molar refractivity (Wildman–Crippen MR) is 139 cm³/mol. The SMILES string of the molecule is C[C@]12CC(O)[C@H]3[C@@H](CCC4=CC(=O)CC[C@@]43C)[C@@H]1CC[C@@H]2C(=O)CN1CCN(c2ccccn2)CC1. The number of anilines is 1. The number of ketones is 2. The molecule has 7 atom stereocenters. The Balaban J connectivity index is 1.13. The monoisotopic (exact) mass is 491 g/mol. The number of aliphatic hydroxyl groups is 1. The molecule has 4 fully saturated rings. The molecule has 1 aliphatic heterocycles. The Labute approximate surface area is 215 Å². The van der Waals surface area contributed by atoms with Crippen molar-refractivity contribution in [2.75, 3.05) is 37.6 Å². The molecule has 6 rings (SSSR count). The highest BCUT2D eigenvalue weighted by Gasteiger charge is 2.62. The van der Waals surface area contributed by atoms with Crippen molar-refractivity contribution in [1.29, 1.82) is 0 Å². The number of fused-ring (bicyclic) bond motifs is 5. The molecule has 0 radical (unpaired) electrons. The molecule has 1 unspecified atom stereocenters. The van der Waals surface area contributed by atoms with Crippen LogP contribution in [0.15, 0.2) is 36.0 Å². The van der Waals surface area contributed by atoms with Crippen molar-refractivity contribution in [3.63, 3.8) is 0 Å². The van der Waals surface area contributed by atoms with E-state index in [9.17, 15) is 14.7 Å². The lowest BCUT2D eigenvalue weighted by molar-refractivity contribution is -0.145. The van der Waals surface area contributed by atoms with Crippen LogP contribution >= 0.6 is 0 Å². The van der Waals surface area contributed by atoms with Gasteiger partial charge in [0.25, 0.3) is 0 Å². The zero-order valence-corrected chi connectivity index (χ0v) is 21.9. The number of rotatable bonds is 4. The first-order valence-electron chi connectivity index (χ1n) is 14.1. The third kappa shape index (κ3) is 3.87. The molecule has 6 nitrogen and oxygen atoms in total. The summed E-state index contributed by atoms with van der Waals surface area (Å²) in [4.78, 5) is 34.9. The highest BCUT2D eigenvalue weighted by Crippen LogP contribution is 2.66. The van der Waals surface area contributed by atoms with E-state index < -0.39 is 6.10 Å². The maximum atomic E-state index is 13.7. The lowest BCUT2D eigenvalue weighted by atomic mass is 9.46. The normalized spacial score (nSPS) is 40.8. The maximum absolute atomic E-state index is 13.7. The van der Waals surface area contributed by atoms with Gasteiger partial charge >= 0.3 is 0 Å². The summed E-state index contributed by atoms with van der Waals surface area (Å²) in [5.74, 6) is 2.86. The van der Waals surface area contributed by atoms with E-state index in [-0.39, 0.29) is 28.4 Å². The van der Waals surface area contributed by atoms with Crippen LogP contribution in [0.4, 0.5) is 5.82 Å². The molecule has 36 heavy (non-hydrogen) atoms. The molecule has 0 bridgehead atoms. The summed E-state index contributed by atoms with van der Waals surface area (Å²) in [6.07, 6.45) is 9.61. The zero-order valence-electron chi connectivity index (χ0n) is 21.9. The third-order valence-electron chi connectivity index (χ3n) is 11.0. The minimum Gasteiger partial charge on any atom is -0.393 e. The van der Waals surface area contributed by atoms with Gasteiger partial charge in [-0.05, 0) is 85.3 Å². The fraction of sp³-hybridized carbons (Fsp3) is 0.700. The van der Waals surface area contributed by atoms with Gasteiger partial charge in [0.2, 0.25) is 0 Å². The van der Waals surface area contributed by atoms with E-state index in [1.165, 1.54) is 5.57 Å². The fourth-order valence-electron chi connectivity index (χ4n) is 9.22. The van der Waals surface area contributed by atoms with Crippen molar-refractivity contribution in [3.8, 4) is 0 Å². The molecule has 1 N–H and O–H groups in total. The van der Waals surface area contributed by atoms with Crippen molar-refractivity contribution in [2.24, 2.45) is 34.5 Å². The van der Waals surface area contributed by atoms with Crippen LogP contribution in [0, 0.1) is 34.5 Å². The van der Waals surface area contributed by atoms with Crippen molar-refractivity contribution >= 4 is 17.4 Å². The number of hydrogen-bond donors (Lipinski definition) is 1. The highest BCUT2D eigenvalue weighted by molar-refractivity contribution is 5.91. The minimum atomic E-state index is -0.395. The second-order valence-electron chi connectivity index (χ2n) is 12.7. The Morgan fingerprint density at radius 1 is 1.11 bits per heavy atom. The van der Waals surface area contributed by atoms with Gasteiger partial charge in [0.15, 0.2) is 5.78 Å². The highest BCUT2D eigenvalue weighted by atomic mass is 16.3. The second-order valence-corrected chi connectivity index (χ2v) is 12.7. The summed E-state index contributed by atoms with van der Waals surface area (Å²) in [7, 11) is 0. The van der Waals surface area contributed by atoms with Gasteiger partial charge in [-0.2, -0.15) is 0 Å². The van der Waals surface area contributed by atoms with Crippen LogP contribution in [0.2, 0.25) is 0 Å². The molecule has 0 amide bonds. The van der Waals surface area contributed by atoms with Gasteiger partial charge in [0.05, 0.1) is 12.6 Å². The second kappa shape index (κ2) is 9.05. The number of piperazine rings is 1. The van der Waals surface area contributed by atoms with E-state index in [4.69, 9.17) is 0 Å². The van der Waals surface area contributed by atoms with Crippen LogP contribution in [0.3, 0.4) is 0 Å². The van der Waals surface area contributed by atoms with Crippen molar-refractivity contribution in [1.82, 2.24) is 9.88 Å². The number of allylic oxidation sites excluding steroid dienone is 1. The fourth-order valence-corrected chi connectivity index (χ4v) is 9.22. The number of pyridine rings is 1. The van der Waals surface area contributed by atoms with Crippen LogP contribution in [-0.2, 0) is 9.59 Å². The summed E-state index contributed by atoms with van der Waals surface area (Å²) in [5.41, 5.74) is 1.10. The molecule has 0 aromatic carbocycles. The van der Waals surface area contributed by atoms with Gasteiger partial charge in [0, 0.05) is 44.7 Å². The smallest absolute Gasteiger partial charge is 0.155 e. The molecule has 1 saturated heterocycles. The van der Waals surface area contributed by atoms with Crippen LogP contribution < -0.4 is 4.90 Å². The molecule has 4 aliphatic carbocycles. The average Bonchev–Trinajstić information content (AvgIpc) is 3.22. The first kappa shape index (κ1) is 24.3. The number of Topliss-reactive ketones (excluding diaryl/α,β-unsaturated/α-hetero) is 1. The molecule has 6 heteroatoms. The lowest BCUT2D eigenvalue weighted by Gasteiger charge is -2.59. The van der Waals surface area contributed by atoms with Crippen LogP contribution in [0.1, 0.15) is 58.8 Å². The standard InChI is InChI=1S/C30H41N3O3/c1-29-11-10-21(34)17-20(29)6-7-22-23-8-9-24(30(23,2)18-25(35)28(22)29)26(36)19-32-13-15-33(16-14-32)27-5-3-4-12-31-27/h3-5,12,17,22-25,28,35H,6-11,13-16,18-19H2,1-2H3/t22-,23-,24+,25?,28+,29-,30-/m0/s1. The van der Waals surface area contributed by atoms with Gasteiger partial charge in [-0.25, -0.2) is 4.98 Å². The first-order valence-corrected chi connectivity index (χ1v) is 14.1. The van der Waals surface area contributed by atoms with E-state index in [2.05, 4.69) is 34.7 Å². The van der Waals surface area contributed by atoms with Gasteiger partial charge in [-0.1, -0.05) is 25.5 Å². The van der Waals surface area contributed by atoms with Crippen LogP contribution in [0.25, 0.3) is 0 Å². The van der Waals surface area contributed by atoms with E-state index in [1.54, 1.807) is 0 Å². The number of nitrogens with zero attached hydrogens (tertiary/aromatic N) is 3. The zero-order chi connectivity index (χ0) is 25.1. The predicted octanol–water partition coefficient (Wildman–Crippen LogP) is 3.89. The molecule has 2 heterocycles. The van der Waals surface area contributed by atoms with Gasteiger partial charge in [0.1, 0.15) is 11.6 Å². The summed E-state index contributed by atoms with van der Waals surface area (Å²) < 4.78 is 0. The van der Waals surface area contributed by atoms with Crippen molar-refractivity contribution in [3.05, 3.63) is 36.0 Å². The molecule has 1 aromatic heterocycles. The molecular formula is C30H41N3O3. The third-order valence-corrected chi connectivity index (χ3v) is 11.0. The van der Waals surface area contributed by atoms with E-state index in [0.717, 1.165) is 70.5 Å². The molecule has 1 aromatic rings. The van der Waals surface area contributed by atoms with Gasteiger partial charge < -0.3 is 10.0 Å². The van der Waals surface area contributed by atoms with E-state index in [0.29, 0.717) is 30.6 Å². The maximum Gasteiger partial charge on any atom is 0.155 e. The molecule has 3 saturated carbocycles. The Bertz CT molecular complexity index is 1050. The quantitative estimate of drug-likeness (QED) is 0.689. The Kier molecular flexibility index (Phi) is 6.11. The number of carbonyl (C=O) groups excluding carboxylic acids is 2. The summed E-state index contributed by atoms with van der Waals surface area (Å²) in [6, 6.07) is 6.02. The largest absolute Gasteiger partial charge is 0.393 e. The lowest BCUT2D eigenvalue weighted by Crippen LogP contribution is -2.57. The Morgan fingerprint density at radius 2 is 1.92 bits per heavy atom. The van der Waals surface area contributed by atoms with E-state index in [1.807, 2.05) is 24.4 Å². The summed E-state index contributed by atoms with van der Waals surface area (Å²) in [5, 5.41) is 11.6. The minimum absolute atomic E-state index is 0.0459. The number of aliphatic hydroxyl groups excluding tert-OH is 1. The van der Waals surface area contributed by atoms with Crippen LogP contribution in [0.5, 0.6) is 0 Å². The summed E-state index contributed by atoms with van der Waals surface area (Å²) in [6.45, 7) is 8.70.